The predicted molar refractivity (Wildman–Crippen MR) is 109 cm³/mol. The van der Waals surface area contributed by atoms with E-state index in [0.717, 1.165) is 16.8 Å². The maximum Gasteiger partial charge on any atom is 0.237 e. The highest BCUT2D eigenvalue weighted by Crippen LogP contribution is 2.28. The van der Waals surface area contributed by atoms with Crippen molar-refractivity contribution >= 4 is 23.4 Å². The van der Waals surface area contributed by atoms with Crippen LogP contribution < -0.4 is 4.74 Å². The second-order valence-electron chi connectivity index (χ2n) is 6.25. The summed E-state index contributed by atoms with van der Waals surface area (Å²) >= 11 is 7.42. The topological polar surface area (TPSA) is 91.8 Å². The lowest BCUT2D eigenvalue weighted by molar-refractivity contribution is 0.385. The molecule has 2 aromatic heterocycles. The standard InChI is InChI=1S/C19H17ClN6O2S/c1-12-6-7-16(27-2)15(8-12)26-19(22-24-25-26)29-11-18-21-17(23-28-18)10-13-4-3-5-14(20)9-13/h3-9H,10-11H2,1-2H3. The number of thioether (sulfide) groups is 1. The molecule has 0 saturated heterocycles. The highest BCUT2D eigenvalue weighted by molar-refractivity contribution is 7.98. The second-order valence-corrected chi connectivity index (χ2v) is 7.63. The predicted octanol–water partition coefficient (Wildman–Crippen LogP) is 3.90. The number of tetrazole rings is 1. The van der Waals surface area contributed by atoms with Gasteiger partial charge in [-0.1, -0.05) is 46.7 Å². The Balaban J connectivity index is 1.47. The molecule has 2 aromatic carbocycles. The fraction of sp³-hybridized carbons (Fsp3) is 0.211. The van der Waals surface area contributed by atoms with Crippen molar-refractivity contribution in [3.8, 4) is 11.4 Å². The lowest BCUT2D eigenvalue weighted by atomic mass is 10.1. The summed E-state index contributed by atoms with van der Waals surface area (Å²) in [4.78, 5) is 4.44. The Kier molecular flexibility index (Phi) is 5.77. The van der Waals surface area contributed by atoms with Crippen LogP contribution in [0.4, 0.5) is 0 Å². The highest BCUT2D eigenvalue weighted by Gasteiger charge is 2.16. The zero-order valence-electron chi connectivity index (χ0n) is 15.7. The van der Waals surface area contributed by atoms with Crippen molar-refractivity contribution in [1.82, 2.24) is 30.3 Å². The zero-order valence-corrected chi connectivity index (χ0v) is 17.3. The summed E-state index contributed by atoms with van der Waals surface area (Å²) in [5, 5.41) is 17.3. The number of hydrogen-bond acceptors (Lipinski definition) is 8. The van der Waals surface area contributed by atoms with Gasteiger partial charge in [-0.05, 0) is 52.7 Å². The lowest BCUT2D eigenvalue weighted by Gasteiger charge is -2.09. The molecule has 0 radical (unpaired) electrons. The molecule has 8 nitrogen and oxygen atoms in total. The van der Waals surface area contributed by atoms with Crippen molar-refractivity contribution in [3.63, 3.8) is 0 Å². The van der Waals surface area contributed by atoms with Crippen molar-refractivity contribution < 1.29 is 9.26 Å². The average Bonchev–Trinajstić information content (AvgIpc) is 3.35. The fourth-order valence-corrected chi connectivity index (χ4v) is 3.70. The molecular formula is C19H17ClN6O2S. The summed E-state index contributed by atoms with van der Waals surface area (Å²) in [5.74, 6) is 2.23. The summed E-state index contributed by atoms with van der Waals surface area (Å²) in [7, 11) is 1.62. The number of methoxy groups -OCH3 is 1. The van der Waals surface area contributed by atoms with E-state index < -0.39 is 0 Å². The minimum Gasteiger partial charge on any atom is -0.494 e. The molecule has 0 fully saturated rings. The summed E-state index contributed by atoms with van der Waals surface area (Å²) in [5.41, 5.74) is 2.87. The number of benzene rings is 2. The number of halogens is 1. The molecule has 0 saturated carbocycles. The van der Waals surface area contributed by atoms with Gasteiger partial charge >= 0.3 is 0 Å². The van der Waals surface area contributed by atoms with E-state index in [0.29, 0.717) is 39.8 Å². The average molecular weight is 429 g/mol. The summed E-state index contributed by atoms with van der Waals surface area (Å²) in [6, 6.07) is 13.4. The molecule has 0 unspecified atom stereocenters. The number of aryl methyl sites for hydroxylation is 1. The van der Waals surface area contributed by atoms with E-state index in [1.54, 1.807) is 11.8 Å². The van der Waals surface area contributed by atoms with E-state index in [4.69, 9.17) is 20.9 Å². The number of rotatable bonds is 7. The minimum atomic E-state index is 0.442. The number of hydrogen-bond donors (Lipinski definition) is 0. The van der Waals surface area contributed by atoms with E-state index in [9.17, 15) is 0 Å². The maximum absolute atomic E-state index is 6.02. The van der Waals surface area contributed by atoms with E-state index in [1.807, 2.05) is 49.4 Å². The molecule has 0 N–H and O–H groups in total. The first-order valence-corrected chi connectivity index (χ1v) is 10.1. The lowest BCUT2D eigenvalue weighted by Crippen LogP contribution is -2.02. The van der Waals surface area contributed by atoms with Gasteiger partial charge < -0.3 is 9.26 Å². The first-order chi connectivity index (χ1) is 14.1. The van der Waals surface area contributed by atoms with Gasteiger partial charge in [0, 0.05) is 11.4 Å². The van der Waals surface area contributed by atoms with Gasteiger partial charge in [0.2, 0.25) is 11.0 Å². The van der Waals surface area contributed by atoms with Crippen molar-refractivity contribution in [1.29, 1.82) is 0 Å². The van der Waals surface area contributed by atoms with Gasteiger partial charge in [-0.2, -0.15) is 9.67 Å². The molecule has 0 aliphatic heterocycles. The summed E-state index contributed by atoms with van der Waals surface area (Å²) in [6.07, 6.45) is 0.549. The Morgan fingerprint density at radius 2 is 2.10 bits per heavy atom. The normalized spacial score (nSPS) is 11.0. The molecule has 0 bridgehead atoms. The first-order valence-electron chi connectivity index (χ1n) is 8.74. The molecule has 148 valence electrons. The quantitative estimate of drug-likeness (QED) is 0.409. The molecular weight excluding hydrogens is 412 g/mol. The number of ether oxygens (including phenoxy) is 1. The summed E-state index contributed by atoms with van der Waals surface area (Å²) in [6.45, 7) is 2.00. The monoisotopic (exact) mass is 428 g/mol. The van der Waals surface area contributed by atoms with Crippen molar-refractivity contribution in [2.45, 2.75) is 24.3 Å². The third kappa shape index (κ3) is 4.57. The van der Waals surface area contributed by atoms with Crippen LogP contribution >= 0.6 is 23.4 Å². The smallest absolute Gasteiger partial charge is 0.237 e. The molecule has 4 rings (SSSR count). The van der Waals surface area contributed by atoms with Crippen LogP contribution in [0.3, 0.4) is 0 Å². The van der Waals surface area contributed by atoms with Gasteiger partial charge in [0.15, 0.2) is 5.82 Å². The Labute approximate surface area is 176 Å². The van der Waals surface area contributed by atoms with Crippen LogP contribution in [0.1, 0.15) is 22.8 Å². The van der Waals surface area contributed by atoms with Crippen LogP contribution in [-0.4, -0.2) is 37.5 Å². The number of nitrogens with zero attached hydrogens (tertiary/aromatic N) is 6. The SMILES string of the molecule is COc1ccc(C)cc1-n1nnnc1SCc1nc(Cc2cccc(Cl)c2)no1. The van der Waals surface area contributed by atoms with Crippen LogP contribution in [0.15, 0.2) is 52.1 Å². The van der Waals surface area contributed by atoms with E-state index in [1.165, 1.54) is 11.8 Å². The van der Waals surface area contributed by atoms with Gasteiger partial charge in [-0.3, -0.25) is 0 Å². The van der Waals surface area contributed by atoms with Crippen LogP contribution in [0, 0.1) is 6.92 Å². The molecule has 4 aromatic rings. The Bertz CT molecular complexity index is 1130. The van der Waals surface area contributed by atoms with E-state index in [-0.39, 0.29) is 0 Å². The summed E-state index contributed by atoms with van der Waals surface area (Å²) < 4.78 is 12.4. The third-order valence-corrected chi connectivity index (χ3v) is 5.23. The Hall–Kier alpha value is -2.91. The molecule has 0 amide bonds. The first kappa shape index (κ1) is 19.4. The van der Waals surface area contributed by atoms with Gasteiger partial charge in [-0.15, -0.1) is 5.10 Å². The Morgan fingerprint density at radius 1 is 1.21 bits per heavy atom. The Morgan fingerprint density at radius 3 is 2.93 bits per heavy atom. The van der Waals surface area contributed by atoms with Crippen molar-refractivity contribution in [3.05, 3.63) is 70.3 Å². The van der Waals surface area contributed by atoms with E-state index in [2.05, 4.69) is 25.7 Å². The molecule has 2 heterocycles. The largest absolute Gasteiger partial charge is 0.494 e. The molecule has 29 heavy (non-hydrogen) atoms. The molecule has 0 atom stereocenters. The van der Waals surface area contributed by atoms with Gasteiger partial charge in [0.25, 0.3) is 0 Å². The molecule has 0 aliphatic carbocycles. The minimum absolute atomic E-state index is 0.442. The van der Waals surface area contributed by atoms with Crippen LogP contribution in [0.5, 0.6) is 5.75 Å². The maximum atomic E-state index is 6.02. The molecule has 10 heteroatoms. The van der Waals surface area contributed by atoms with Crippen LogP contribution in [-0.2, 0) is 12.2 Å². The highest BCUT2D eigenvalue weighted by atomic mass is 35.5. The van der Waals surface area contributed by atoms with E-state index >= 15 is 0 Å². The molecule has 0 aliphatic rings. The molecule has 0 spiro atoms. The van der Waals surface area contributed by atoms with Gasteiger partial charge in [0.05, 0.1) is 12.9 Å². The van der Waals surface area contributed by atoms with Gasteiger partial charge in [0.1, 0.15) is 11.4 Å². The zero-order chi connectivity index (χ0) is 20.2. The van der Waals surface area contributed by atoms with Crippen molar-refractivity contribution in [2.75, 3.05) is 7.11 Å². The van der Waals surface area contributed by atoms with Crippen molar-refractivity contribution in [2.24, 2.45) is 0 Å². The van der Waals surface area contributed by atoms with Gasteiger partial charge in [-0.25, -0.2) is 0 Å². The van der Waals surface area contributed by atoms with Crippen LogP contribution in [0.2, 0.25) is 5.02 Å². The van der Waals surface area contributed by atoms with Crippen LogP contribution in [0.25, 0.3) is 5.69 Å². The third-order valence-electron chi connectivity index (χ3n) is 4.09. The second kappa shape index (κ2) is 8.62. The number of aromatic nitrogens is 6. The fourth-order valence-electron chi connectivity index (χ4n) is 2.76.